The summed E-state index contributed by atoms with van der Waals surface area (Å²) >= 11 is 0. The standard InChI is InChI=1S/C30H37NO6/c1-17-10-9-13-22-26(33)19(3)18(2)25-23(16-21-11-7-6-8-12-21)31-28(35)30(22,25)24(37-20(4)32)14-15-29(5,36)27(17)34/h6-9,11-15,17,22-26,33,36H,10,16H2,1-5H3,(H,31,35)/b13-9+,15-14+/t17-,22-,23-,24-,25-,26+,29+,30+/m0/s1. The molecule has 37 heavy (non-hydrogen) atoms. The van der Waals surface area contributed by atoms with E-state index in [0.717, 1.165) is 16.7 Å². The maximum Gasteiger partial charge on any atom is 0.303 e. The van der Waals surface area contributed by atoms with Gasteiger partial charge in [0.05, 0.1) is 6.10 Å². The SMILES string of the molecule is CC(=O)O[C@H]1/C=C/[C@@](C)(O)C(=O)[C@@H](C)C/C=C/[C@H]2[C@H](O)C(C)=C(C)[C@H]3[C@H](Cc4ccccc4)NC(=O)[C@@]123. The normalized spacial score (nSPS) is 39.6. The van der Waals surface area contributed by atoms with Crippen molar-refractivity contribution in [3.63, 3.8) is 0 Å². The number of Topliss-reactive ketones (excluding diaryl/α,β-unsaturated/α-hetero) is 1. The number of rotatable bonds is 3. The molecule has 1 amide bonds. The van der Waals surface area contributed by atoms with Gasteiger partial charge in [0.25, 0.3) is 0 Å². The number of aliphatic hydroxyl groups excluding tert-OH is 1. The molecule has 0 unspecified atom stereocenters. The number of hydrogen-bond donors (Lipinski definition) is 3. The highest BCUT2D eigenvalue weighted by Crippen LogP contribution is 2.57. The number of ether oxygens (including phenoxy) is 1. The van der Waals surface area contributed by atoms with Crippen LogP contribution in [0, 0.1) is 23.2 Å². The first kappa shape index (κ1) is 27.0. The smallest absolute Gasteiger partial charge is 0.303 e. The van der Waals surface area contributed by atoms with Gasteiger partial charge in [-0.3, -0.25) is 14.4 Å². The van der Waals surface area contributed by atoms with Crippen molar-refractivity contribution in [1.82, 2.24) is 5.32 Å². The van der Waals surface area contributed by atoms with E-state index in [9.17, 15) is 24.6 Å². The van der Waals surface area contributed by atoms with Crippen LogP contribution in [0.2, 0.25) is 0 Å². The summed E-state index contributed by atoms with van der Waals surface area (Å²) in [6.45, 7) is 8.20. The summed E-state index contributed by atoms with van der Waals surface area (Å²) < 4.78 is 5.82. The number of nitrogens with one attached hydrogen (secondary N) is 1. The molecular formula is C30H37NO6. The van der Waals surface area contributed by atoms with E-state index in [1.165, 1.54) is 26.0 Å². The number of allylic oxidation sites excluding steroid dienone is 1. The first-order chi connectivity index (χ1) is 17.4. The minimum absolute atomic E-state index is 0.314. The zero-order chi connectivity index (χ0) is 27.1. The van der Waals surface area contributed by atoms with Crippen molar-refractivity contribution in [3.05, 3.63) is 71.3 Å². The lowest BCUT2D eigenvalue weighted by molar-refractivity contribution is -0.161. The molecule has 0 saturated carbocycles. The fourth-order valence-corrected chi connectivity index (χ4v) is 6.54. The van der Waals surface area contributed by atoms with Crippen LogP contribution in [0.4, 0.5) is 0 Å². The van der Waals surface area contributed by atoms with Gasteiger partial charge in [-0.2, -0.15) is 0 Å². The third kappa shape index (κ3) is 4.59. The first-order valence-electron chi connectivity index (χ1n) is 12.9. The zero-order valence-corrected chi connectivity index (χ0v) is 22.1. The lowest BCUT2D eigenvalue weighted by atomic mass is 9.54. The minimum atomic E-state index is -1.82. The molecule has 1 fully saturated rings. The van der Waals surface area contributed by atoms with E-state index in [4.69, 9.17) is 4.74 Å². The van der Waals surface area contributed by atoms with Gasteiger partial charge in [0, 0.05) is 30.7 Å². The van der Waals surface area contributed by atoms with Crippen molar-refractivity contribution in [2.45, 2.75) is 71.3 Å². The number of carbonyl (C=O) groups excluding carboxylic acids is 3. The predicted octanol–water partition coefficient (Wildman–Crippen LogP) is 3.06. The Morgan fingerprint density at radius 1 is 1.14 bits per heavy atom. The molecule has 1 saturated heterocycles. The fraction of sp³-hybridized carbons (Fsp3) is 0.500. The van der Waals surface area contributed by atoms with Crippen LogP contribution in [0.1, 0.15) is 46.6 Å². The van der Waals surface area contributed by atoms with Gasteiger partial charge in [0.2, 0.25) is 5.91 Å². The van der Waals surface area contributed by atoms with Crippen LogP contribution in [0.3, 0.4) is 0 Å². The Morgan fingerprint density at radius 2 is 1.81 bits per heavy atom. The van der Waals surface area contributed by atoms with E-state index in [2.05, 4.69) is 5.32 Å². The fourth-order valence-electron chi connectivity index (χ4n) is 6.54. The summed E-state index contributed by atoms with van der Waals surface area (Å²) in [5, 5.41) is 25.7. The number of benzene rings is 1. The maximum atomic E-state index is 14.2. The summed E-state index contributed by atoms with van der Waals surface area (Å²) in [4.78, 5) is 39.5. The molecule has 0 radical (unpaired) electrons. The van der Waals surface area contributed by atoms with Gasteiger partial charge < -0.3 is 20.3 Å². The second-order valence-electron chi connectivity index (χ2n) is 11.0. The Balaban J connectivity index is 1.96. The molecule has 198 valence electrons. The molecule has 1 spiro atoms. The molecule has 1 aromatic carbocycles. The highest BCUT2D eigenvalue weighted by molar-refractivity contribution is 5.91. The molecular weight excluding hydrogens is 470 g/mol. The van der Waals surface area contributed by atoms with E-state index < -0.39 is 46.9 Å². The third-order valence-electron chi connectivity index (χ3n) is 8.49. The molecule has 1 heterocycles. The lowest BCUT2D eigenvalue weighted by Crippen LogP contribution is -2.58. The van der Waals surface area contributed by atoms with Crippen LogP contribution < -0.4 is 5.32 Å². The molecule has 0 aromatic heterocycles. The number of amides is 1. The van der Waals surface area contributed by atoms with Crippen molar-refractivity contribution in [3.8, 4) is 0 Å². The van der Waals surface area contributed by atoms with Gasteiger partial charge in [-0.15, -0.1) is 0 Å². The summed E-state index contributed by atoms with van der Waals surface area (Å²) in [6.07, 6.45) is 5.17. The van der Waals surface area contributed by atoms with Gasteiger partial charge in [-0.25, -0.2) is 0 Å². The van der Waals surface area contributed by atoms with E-state index in [1.807, 2.05) is 44.2 Å². The van der Waals surface area contributed by atoms with Crippen molar-refractivity contribution >= 4 is 17.7 Å². The van der Waals surface area contributed by atoms with Gasteiger partial charge in [-0.1, -0.05) is 55.0 Å². The van der Waals surface area contributed by atoms with E-state index >= 15 is 0 Å². The summed E-state index contributed by atoms with van der Waals surface area (Å²) in [5.74, 6) is -2.92. The quantitative estimate of drug-likeness (QED) is 0.428. The Morgan fingerprint density at radius 3 is 2.46 bits per heavy atom. The van der Waals surface area contributed by atoms with E-state index in [0.29, 0.717) is 12.8 Å². The maximum absolute atomic E-state index is 14.2. The molecule has 4 rings (SSSR count). The average Bonchev–Trinajstić information content (AvgIpc) is 3.13. The Kier molecular flexibility index (Phi) is 7.32. The topological polar surface area (TPSA) is 113 Å². The van der Waals surface area contributed by atoms with Gasteiger partial charge in [0.15, 0.2) is 5.78 Å². The second-order valence-corrected chi connectivity index (χ2v) is 11.0. The summed E-state index contributed by atoms with van der Waals surface area (Å²) in [6, 6.07) is 9.52. The van der Waals surface area contributed by atoms with Crippen LogP contribution in [-0.4, -0.2) is 51.7 Å². The predicted molar refractivity (Wildman–Crippen MR) is 139 cm³/mol. The van der Waals surface area contributed by atoms with Crippen molar-refractivity contribution in [1.29, 1.82) is 0 Å². The van der Waals surface area contributed by atoms with Crippen LogP contribution in [0.25, 0.3) is 0 Å². The molecule has 2 aliphatic carbocycles. The van der Waals surface area contributed by atoms with Crippen LogP contribution in [-0.2, 0) is 25.5 Å². The highest BCUT2D eigenvalue weighted by atomic mass is 16.5. The summed E-state index contributed by atoms with van der Waals surface area (Å²) in [7, 11) is 0. The van der Waals surface area contributed by atoms with E-state index in [1.54, 1.807) is 19.1 Å². The lowest BCUT2D eigenvalue weighted by Gasteiger charge is -2.49. The molecule has 7 nitrogen and oxygen atoms in total. The molecule has 0 bridgehead atoms. The monoisotopic (exact) mass is 507 g/mol. The molecule has 3 N–H and O–H groups in total. The van der Waals surface area contributed by atoms with E-state index in [-0.39, 0.29) is 17.7 Å². The van der Waals surface area contributed by atoms with Gasteiger partial charge >= 0.3 is 5.97 Å². The van der Waals surface area contributed by atoms with Crippen molar-refractivity contribution in [2.75, 3.05) is 0 Å². The average molecular weight is 508 g/mol. The van der Waals surface area contributed by atoms with Crippen LogP contribution in [0.15, 0.2) is 65.8 Å². The van der Waals surface area contributed by atoms with Crippen molar-refractivity contribution < 1.29 is 29.3 Å². The molecule has 1 aromatic rings. The molecule has 7 heteroatoms. The van der Waals surface area contributed by atoms with Gasteiger partial charge in [0.1, 0.15) is 17.1 Å². The molecule has 3 aliphatic rings. The zero-order valence-electron chi connectivity index (χ0n) is 22.1. The minimum Gasteiger partial charge on any atom is -0.457 e. The number of carbonyl (C=O) groups is 3. The molecule has 8 atom stereocenters. The van der Waals surface area contributed by atoms with Crippen LogP contribution in [0.5, 0.6) is 0 Å². The van der Waals surface area contributed by atoms with Crippen molar-refractivity contribution in [2.24, 2.45) is 23.2 Å². The number of hydrogen-bond acceptors (Lipinski definition) is 6. The highest BCUT2D eigenvalue weighted by Gasteiger charge is 2.67. The summed E-state index contributed by atoms with van der Waals surface area (Å²) in [5.41, 5.74) is -0.500. The number of ketones is 1. The Hall–Kier alpha value is -3.03. The Bertz CT molecular complexity index is 1170. The van der Waals surface area contributed by atoms with Gasteiger partial charge in [-0.05, 0) is 56.9 Å². The number of aliphatic hydroxyl groups is 2. The van der Waals surface area contributed by atoms with Crippen LogP contribution >= 0.6 is 0 Å². The largest absolute Gasteiger partial charge is 0.457 e. The second kappa shape index (κ2) is 10.0. The molecule has 1 aliphatic heterocycles. The Labute approximate surface area is 218 Å². The first-order valence-corrected chi connectivity index (χ1v) is 12.9. The number of esters is 1. The third-order valence-corrected chi connectivity index (χ3v) is 8.49.